The molecule has 3 nitrogen and oxygen atoms in total. The van der Waals surface area contributed by atoms with Gasteiger partial charge in [0.15, 0.2) is 5.11 Å². The highest BCUT2D eigenvalue weighted by molar-refractivity contribution is 7.80. The highest BCUT2D eigenvalue weighted by Gasteiger charge is 2.25. The lowest BCUT2D eigenvalue weighted by Gasteiger charge is -2.33. The van der Waals surface area contributed by atoms with Crippen molar-refractivity contribution in [3.8, 4) is 0 Å². The van der Waals surface area contributed by atoms with Gasteiger partial charge in [-0.05, 0) is 44.3 Å². The first-order chi connectivity index (χ1) is 9.04. The first-order valence-corrected chi connectivity index (χ1v) is 8.01. The Balaban J connectivity index is 2.52. The lowest BCUT2D eigenvalue weighted by Crippen LogP contribution is -2.49. The second kappa shape index (κ2) is 8.75. The molecule has 1 atom stereocenters. The van der Waals surface area contributed by atoms with Crippen molar-refractivity contribution >= 4 is 17.3 Å². The van der Waals surface area contributed by atoms with Crippen molar-refractivity contribution in [2.24, 2.45) is 5.92 Å². The van der Waals surface area contributed by atoms with E-state index in [1.807, 2.05) is 0 Å². The van der Waals surface area contributed by atoms with Gasteiger partial charge in [0.25, 0.3) is 0 Å². The van der Waals surface area contributed by atoms with Gasteiger partial charge in [-0.15, -0.1) is 0 Å². The van der Waals surface area contributed by atoms with Crippen LogP contribution >= 0.6 is 12.2 Å². The molecule has 0 aromatic rings. The van der Waals surface area contributed by atoms with Crippen LogP contribution in [0.5, 0.6) is 0 Å². The topological polar surface area (TPSA) is 24.5 Å². The summed E-state index contributed by atoms with van der Waals surface area (Å²) in [6, 6.07) is 0.925. The molecule has 1 N–H and O–H groups in total. The van der Waals surface area contributed by atoms with Gasteiger partial charge in [0.2, 0.25) is 0 Å². The highest BCUT2D eigenvalue weighted by atomic mass is 32.1. The molecule has 4 heteroatoms. The Bertz CT molecular complexity index is 265. The largest absolute Gasteiger partial charge is 0.383 e. The summed E-state index contributed by atoms with van der Waals surface area (Å²) in [5.41, 5.74) is 0. The molecule has 0 amide bonds. The monoisotopic (exact) mass is 286 g/mol. The summed E-state index contributed by atoms with van der Waals surface area (Å²) in [5.74, 6) is 0.725. The minimum atomic E-state index is 0.278. The van der Waals surface area contributed by atoms with E-state index in [1.54, 1.807) is 7.11 Å². The predicted octanol–water partition coefficient (Wildman–Crippen LogP) is 3.19. The first-order valence-electron chi connectivity index (χ1n) is 7.60. The number of methoxy groups -OCH3 is 1. The molecule has 0 bridgehead atoms. The Morgan fingerprint density at radius 1 is 1.32 bits per heavy atom. The van der Waals surface area contributed by atoms with Crippen LogP contribution in [0.3, 0.4) is 0 Å². The fraction of sp³-hybridized carbons (Fsp3) is 0.933. The zero-order valence-electron chi connectivity index (χ0n) is 12.9. The quantitative estimate of drug-likeness (QED) is 0.727. The molecule has 112 valence electrons. The van der Waals surface area contributed by atoms with Crippen LogP contribution in [0.25, 0.3) is 0 Å². The summed E-state index contributed by atoms with van der Waals surface area (Å²) in [5, 5.41) is 4.33. The van der Waals surface area contributed by atoms with Crippen LogP contribution in [0.4, 0.5) is 0 Å². The van der Waals surface area contributed by atoms with Gasteiger partial charge in [0, 0.05) is 25.7 Å². The number of nitrogens with one attached hydrogen (secondary N) is 1. The zero-order chi connectivity index (χ0) is 14.3. The molecule has 0 aromatic carbocycles. The van der Waals surface area contributed by atoms with Gasteiger partial charge in [-0.2, -0.15) is 0 Å². The second-order valence-electron chi connectivity index (χ2n) is 6.12. The zero-order valence-corrected chi connectivity index (χ0v) is 13.8. The third-order valence-electron chi connectivity index (χ3n) is 3.76. The minimum absolute atomic E-state index is 0.278. The van der Waals surface area contributed by atoms with E-state index < -0.39 is 0 Å². The molecule has 19 heavy (non-hydrogen) atoms. The molecule has 0 radical (unpaired) electrons. The summed E-state index contributed by atoms with van der Waals surface area (Å²) in [6.07, 6.45) is 6.48. The van der Waals surface area contributed by atoms with E-state index in [1.165, 1.54) is 32.1 Å². The van der Waals surface area contributed by atoms with E-state index in [9.17, 15) is 0 Å². The molecule has 1 aliphatic rings. The SMILES string of the molecule is COCC(C)NC(=S)N(CCC(C)C)C1CCCC1. The van der Waals surface area contributed by atoms with Crippen molar-refractivity contribution in [1.29, 1.82) is 0 Å². The first kappa shape index (κ1) is 16.7. The molecular formula is C15H30N2OS. The van der Waals surface area contributed by atoms with Crippen molar-refractivity contribution < 1.29 is 4.74 Å². The van der Waals surface area contributed by atoms with Crippen LogP contribution in [0, 0.1) is 5.92 Å². The molecule has 1 rings (SSSR count). The van der Waals surface area contributed by atoms with Crippen LogP contribution < -0.4 is 5.32 Å². The molecule has 1 unspecified atom stereocenters. The normalized spacial score (nSPS) is 17.7. The van der Waals surface area contributed by atoms with Gasteiger partial charge in [0.1, 0.15) is 0 Å². The maximum Gasteiger partial charge on any atom is 0.169 e. The summed E-state index contributed by atoms with van der Waals surface area (Å²) < 4.78 is 5.17. The van der Waals surface area contributed by atoms with Crippen LogP contribution in [0.15, 0.2) is 0 Å². The Morgan fingerprint density at radius 3 is 2.47 bits per heavy atom. The summed E-state index contributed by atoms with van der Waals surface area (Å²) >= 11 is 5.61. The van der Waals surface area contributed by atoms with Gasteiger partial charge in [-0.3, -0.25) is 0 Å². The van der Waals surface area contributed by atoms with Crippen molar-refractivity contribution in [2.75, 3.05) is 20.3 Å². The Hall–Kier alpha value is -0.350. The predicted molar refractivity (Wildman–Crippen MR) is 85.5 cm³/mol. The average molecular weight is 286 g/mol. The Morgan fingerprint density at radius 2 is 1.95 bits per heavy atom. The van der Waals surface area contributed by atoms with Gasteiger partial charge in [-0.25, -0.2) is 0 Å². The summed E-state index contributed by atoms with van der Waals surface area (Å²) in [6.45, 7) is 8.44. The van der Waals surface area contributed by atoms with E-state index in [4.69, 9.17) is 17.0 Å². The fourth-order valence-electron chi connectivity index (χ4n) is 2.65. The highest BCUT2D eigenvalue weighted by Crippen LogP contribution is 2.24. The van der Waals surface area contributed by atoms with E-state index in [0.717, 1.165) is 17.6 Å². The summed E-state index contributed by atoms with van der Waals surface area (Å²) in [7, 11) is 1.73. The molecule has 0 spiro atoms. The smallest absolute Gasteiger partial charge is 0.169 e. The average Bonchev–Trinajstić information content (AvgIpc) is 2.82. The van der Waals surface area contributed by atoms with Crippen molar-refractivity contribution in [2.45, 2.75) is 65.0 Å². The standard InChI is InChI=1S/C15H30N2OS/c1-12(2)9-10-17(14-7-5-6-8-14)15(19)16-13(3)11-18-4/h12-14H,5-11H2,1-4H3,(H,16,19). The number of hydrogen-bond donors (Lipinski definition) is 1. The van der Waals surface area contributed by atoms with E-state index in [-0.39, 0.29) is 6.04 Å². The molecule has 0 aromatic heterocycles. The Labute approximate surface area is 124 Å². The fourth-order valence-corrected chi connectivity index (χ4v) is 3.09. The minimum Gasteiger partial charge on any atom is -0.383 e. The maximum absolute atomic E-state index is 5.61. The van der Waals surface area contributed by atoms with Crippen LogP contribution in [0.1, 0.15) is 52.9 Å². The van der Waals surface area contributed by atoms with Crippen molar-refractivity contribution in [1.82, 2.24) is 10.2 Å². The molecule has 1 fully saturated rings. The third kappa shape index (κ3) is 6.09. The van der Waals surface area contributed by atoms with E-state index in [2.05, 4.69) is 31.0 Å². The van der Waals surface area contributed by atoms with Gasteiger partial charge in [0.05, 0.1) is 6.61 Å². The van der Waals surface area contributed by atoms with Gasteiger partial charge >= 0.3 is 0 Å². The second-order valence-corrected chi connectivity index (χ2v) is 6.51. The lowest BCUT2D eigenvalue weighted by molar-refractivity contribution is 0.176. The van der Waals surface area contributed by atoms with E-state index >= 15 is 0 Å². The maximum atomic E-state index is 5.61. The number of thiocarbonyl (C=S) groups is 1. The number of nitrogens with zero attached hydrogens (tertiary/aromatic N) is 1. The van der Waals surface area contributed by atoms with Crippen molar-refractivity contribution in [3.63, 3.8) is 0 Å². The van der Waals surface area contributed by atoms with E-state index in [0.29, 0.717) is 12.6 Å². The van der Waals surface area contributed by atoms with Crippen LogP contribution in [0.2, 0.25) is 0 Å². The number of rotatable bonds is 7. The third-order valence-corrected chi connectivity index (χ3v) is 4.11. The van der Waals surface area contributed by atoms with Gasteiger partial charge < -0.3 is 15.0 Å². The molecule has 1 aliphatic carbocycles. The van der Waals surface area contributed by atoms with Crippen molar-refractivity contribution in [3.05, 3.63) is 0 Å². The molecule has 0 aliphatic heterocycles. The Kier molecular flexibility index (Phi) is 7.69. The van der Waals surface area contributed by atoms with Crippen LogP contribution in [-0.2, 0) is 4.74 Å². The van der Waals surface area contributed by atoms with Gasteiger partial charge in [-0.1, -0.05) is 26.7 Å². The molecule has 0 heterocycles. The lowest BCUT2D eigenvalue weighted by atomic mass is 10.1. The molecule has 1 saturated carbocycles. The number of hydrogen-bond acceptors (Lipinski definition) is 2. The molecular weight excluding hydrogens is 256 g/mol. The number of ether oxygens (including phenoxy) is 1. The molecule has 0 saturated heterocycles. The van der Waals surface area contributed by atoms with Crippen LogP contribution in [-0.4, -0.2) is 42.4 Å². The summed E-state index contributed by atoms with van der Waals surface area (Å²) in [4.78, 5) is 2.43.